The Kier molecular flexibility index (Phi) is 6.17. The van der Waals surface area contributed by atoms with Gasteiger partial charge < -0.3 is 9.05 Å². The van der Waals surface area contributed by atoms with Gasteiger partial charge in [-0.25, -0.2) is 4.39 Å². The van der Waals surface area contributed by atoms with Crippen molar-refractivity contribution in [1.82, 2.24) is 0 Å². The van der Waals surface area contributed by atoms with Gasteiger partial charge in [-0.3, -0.25) is 4.57 Å². The first-order valence-electron chi connectivity index (χ1n) is 9.04. The van der Waals surface area contributed by atoms with E-state index in [-0.39, 0.29) is 13.2 Å². The van der Waals surface area contributed by atoms with Crippen LogP contribution in [-0.4, -0.2) is 13.2 Å². The molecular weight excluding hydrogens is 382 g/mol. The molecule has 144 valence electrons. The summed E-state index contributed by atoms with van der Waals surface area (Å²) in [6.45, 7) is 4.88. The fraction of sp³-hybridized carbons (Fsp3) is 0.333. The van der Waals surface area contributed by atoms with Crippen LogP contribution in [0.15, 0.2) is 54.6 Å². The smallest absolute Gasteiger partial charge is 0.306 e. The van der Waals surface area contributed by atoms with Crippen molar-refractivity contribution >= 4 is 29.0 Å². The minimum absolute atomic E-state index is 0.124. The summed E-state index contributed by atoms with van der Waals surface area (Å²) in [4.78, 5) is 1.20. The lowest BCUT2D eigenvalue weighted by Gasteiger charge is -2.29. The molecule has 0 aliphatic carbocycles. The maximum absolute atomic E-state index is 15.6. The van der Waals surface area contributed by atoms with Crippen LogP contribution in [0.3, 0.4) is 0 Å². The van der Waals surface area contributed by atoms with Crippen LogP contribution >= 0.6 is 18.9 Å². The van der Waals surface area contributed by atoms with Crippen molar-refractivity contribution < 1.29 is 18.0 Å². The van der Waals surface area contributed by atoms with Gasteiger partial charge in [0.05, 0.1) is 13.2 Å². The second kappa shape index (κ2) is 8.24. The molecule has 0 N–H and O–H groups in total. The minimum Gasteiger partial charge on any atom is -0.306 e. The second-order valence-electron chi connectivity index (χ2n) is 6.41. The highest BCUT2D eigenvalue weighted by molar-refractivity contribution is 7.54. The molecule has 0 bridgehead atoms. The van der Waals surface area contributed by atoms with Crippen LogP contribution in [0.5, 0.6) is 0 Å². The van der Waals surface area contributed by atoms with Crippen molar-refractivity contribution in [1.29, 1.82) is 0 Å². The van der Waals surface area contributed by atoms with Crippen LogP contribution in [0.1, 0.15) is 36.8 Å². The summed E-state index contributed by atoms with van der Waals surface area (Å²) in [6, 6.07) is 17.6. The summed E-state index contributed by atoms with van der Waals surface area (Å²) in [5.41, 5.74) is 1.54. The molecule has 1 atom stereocenters. The van der Waals surface area contributed by atoms with E-state index in [4.69, 9.17) is 9.05 Å². The highest BCUT2D eigenvalue weighted by Gasteiger charge is 2.49. The number of halogens is 1. The Morgan fingerprint density at radius 3 is 2.33 bits per heavy atom. The zero-order valence-electron chi connectivity index (χ0n) is 15.8. The first-order chi connectivity index (χ1) is 12.9. The van der Waals surface area contributed by atoms with Gasteiger partial charge in [0.1, 0.15) is 0 Å². The Bertz CT molecular complexity index is 942. The molecule has 0 radical (unpaired) electrons. The molecule has 1 aromatic heterocycles. The monoisotopic (exact) mass is 406 g/mol. The van der Waals surface area contributed by atoms with E-state index in [1.165, 1.54) is 17.4 Å². The third-order valence-electron chi connectivity index (χ3n) is 4.43. The maximum atomic E-state index is 15.6. The van der Waals surface area contributed by atoms with E-state index >= 15 is 4.39 Å². The lowest BCUT2D eigenvalue weighted by atomic mass is 10.1. The van der Waals surface area contributed by atoms with E-state index < -0.39 is 13.0 Å². The van der Waals surface area contributed by atoms with Crippen molar-refractivity contribution in [2.24, 2.45) is 0 Å². The Morgan fingerprint density at radius 2 is 1.70 bits per heavy atom. The number of fused-ring (bicyclic) bond motifs is 1. The number of alkyl halides is 1. The second-order valence-corrected chi connectivity index (χ2v) is 9.93. The van der Waals surface area contributed by atoms with Gasteiger partial charge in [-0.2, -0.15) is 0 Å². The molecule has 3 aromatic rings. The maximum Gasteiger partial charge on any atom is 0.371 e. The quantitative estimate of drug-likeness (QED) is 0.382. The van der Waals surface area contributed by atoms with Crippen LogP contribution in [0.4, 0.5) is 4.39 Å². The summed E-state index contributed by atoms with van der Waals surface area (Å²) in [5, 5.41) is -1.28. The Labute approximate surface area is 163 Å². The van der Waals surface area contributed by atoms with Crippen molar-refractivity contribution in [3.05, 3.63) is 70.6 Å². The molecule has 27 heavy (non-hydrogen) atoms. The van der Waals surface area contributed by atoms with E-state index in [9.17, 15) is 4.57 Å². The van der Waals surface area contributed by atoms with Gasteiger partial charge in [0.15, 0.2) is 0 Å². The summed E-state index contributed by atoms with van der Waals surface area (Å²) >= 11 is 1.69. The zero-order valence-corrected chi connectivity index (χ0v) is 17.5. The third-order valence-corrected chi connectivity index (χ3v) is 8.03. The summed E-state index contributed by atoms with van der Waals surface area (Å²) in [6.07, 6.45) is 0.832. The largest absolute Gasteiger partial charge is 0.371 e. The number of thiophene rings is 1. The van der Waals surface area contributed by atoms with E-state index in [2.05, 4.69) is 18.2 Å². The number of hydrogen-bond acceptors (Lipinski definition) is 4. The van der Waals surface area contributed by atoms with Crippen LogP contribution in [0.25, 0.3) is 10.1 Å². The van der Waals surface area contributed by atoms with E-state index in [1.54, 1.807) is 37.3 Å². The Hall–Kier alpha value is -1.52. The Morgan fingerprint density at radius 1 is 1.04 bits per heavy atom. The van der Waals surface area contributed by atoms with Gasteiger partial charge >= 0.3 is 7.60 Å². The van der Waals surface area contributed by atoms with Gasteiger partial charge in [-0.05, 0) is 49.9 Å². The lowest BCUT2D eigenvalue weighted by molar-refractivity contribution is 0.151. The molecule has 0 fully saturated rings. The van der Waals surface area contributed by atoms with Crippen LogP contribution in [0, 0.1) is 0 Å². The van der Waals surface area contributed by atoms with Crippen molar-refractivity contribution in [3.63, 3.8) is 0 Å². The van der Waals surface area contributed by atoms with Crippen LogP contribution in [0.2, 0.25) is 0 Å². The fourth-order valence-corrected chi connectivity index (χ4v) is 5.82. The average Bonchev–Trinajstić information content (AvgIpc) is 3.04. The predicted molar refractivity (Wildman–Crippen MR) is 110 cm³/mol. The van der Waals surface area contributed by atoms with Gasteiger partial charge in [0, 0.05) is 21.6 Å². The molecule has 3 rings (SSSR count). The topological polar surface area (TPSA) is 35.5 Å². The predicted octanol–water partition coefficient (Wildman–Crippen LogP) is 6.90. The molecule has 2 aromatic carbocycles. The molecule has 1 heterocycles. The SMILES string of the molecule is CCOP(=O)(OCC)C(C)(F)c1ccc2sc(Cc3ccccc3)cc2c1. The fourth-order valence-electron chi connectivity index (χ4n) is 3.04. The highest BCUT2D eigenvalue weighted by atomic mass is 32.1. The molecule has 0 aliphatic heterocycles. The molecule has 0 aliphatic rings. The van der Waals surface area contributed by atoms with Gasteiger partial charge in [0.2, 0.25) is 5.41 Å². The molecule has 6 heteroatoms. The minimum atomic E-state index is -3.93. The molecule has 3 nitrogen and oxygen atoms in total. The average molecular weight is 406 g/mol. The molecule has 0 amide bonds. The van der Waals surface area contributed by atoms with Gasteiger partial charge in [0.25, 0.3) is 0 Å². The van der Waals surface area contributed by atoms with E-state index in [0.29, 0.717) is 5.56 Å². The van der Waals surface area contributed by atoms with Crippen molar-refractivity contribution in [2.45, 2.75) is 32.6 Å². The highest BCUT2D eigenvalue weighted by Crippen LogP contribution is 2.65. The van der Waals surface area contributed by atoms with Gasteiger partial charge in [-0.1, -0.05) is 36.4 Å². The number of rotatable bonds is 8. The Balaban J connectivity index is 1.94. The normalized spacial score (nSPS) is 14.4. The number of benzene rings is 2. The lowest BCUT2D eigenvalue weighted by Crippen LogP contribution is -2.19. The molecule has 0 saturated carbocycles. The molecule has 0 saturated heterocycles. The summed E-state index contributed by atoms with van der Waals surface area (Å²) in [5.74, 6) is 0. The number of hydrogen-bond donors (Lipinski definition) is 0. The summed E-state index contributed by atoms with van der Waals surface area (Å²) in [7, 11) is -3.93. The van der Waals surface area contributed by atoms with E-state index in [0.717, 1.165) is 16.5 Å². The summed E-state index contributed by atoms with van der Waals surface area (Å²) < 4.78 is 40.2. The zero-order chi connectivity index (χ0) is 19.5. The van der Waals surface area contributed by atoms with Crippen LogP contribution in [-0.2, 0) is 25.4 Å². The standard InChI is InChI=1S/C21H24FO3PS/c1-4-24-26(23,25-5-2)21(3,22)18-11-12-20-17(14-18)15-19(27-20)13-16-9-7-6-8-10-16/h6-12,14-15H,4-5,13H2,1-3H3. The molecular formula is C21H24FO3PS. The van der Waals surface area contributed by atoms with Crippen molar-refractivity contribution in [2.75, 3.05) is 13.2 Å². The van der Waals surface area contributed by atoms with E-state index in [1.807, 2.05) is 24.3 Å². The first kappa shape index (κ1) is 20.2. The molecule has 1 unspecified atom stereocenters. The first-order valence-corrected chi connectivity index (χ1v) is 11.4. The molecule has 0 spiro atoms. The third kappa shape index (κ3) is 4.17. The van der Waals surface area contributed by atoms with Crippen LogP contribution < -0.4 is 0 Å². The van der Waals surface area contributed by atoms with Crippen molar-refractivity contribution in [3.8, 4) is 0 Å². The van der Waals surface area contributed by atoms with Gasteiger partial charge in [-0.15, -0.1) is 11.3 Å².